The summed E-state index contributed by atoms with van der Waals surface area (Å²) >= 11 is 1.76. The van der Waals surface area contributed by atoms with Gasteiger partial charge < -0.3 is 11.1 Å². The summed E-state index contributed by atoms with van der Waals surface area (Å²) in [6, 6.07) is 0.438. The molecule has 5 nitrogen and oxygen atoms in total. The van der Waals surface area contributed by atoms with Crippen LogP contribution < -0.4 is 11.1 Å². The molecule has 20 heavy (non-hydrogen) atoms. The second kappa shape index (κ2) is 7.71. The number of hydrogen-bond acceptors (Lipinski definition) is 5. The average Bonchev–Trinajstić information content (AvgIpc) is 2.83. The normalized spacial score (nSPS) is 20.0. The molecule has 1 aromatic rings. The average molecular weight is 296 g/mol. The number of carbonyl (C=O) groups excluding carboxylic acids is 1. The topological polar surface area (TPSA) is 71.2 Å². The zero-order valence-electron chi connectivity index (χ0n) is 12.1. The first-order valence-corrected chi connectivity index (χ1v) is 8.13. The molecule has 6 heteroatoms. The van der Waals surface area contributed by atoms with Crippen LogP contribution in [0.2, 0.25) is 0 Å². The number of nitrogens with zero attached hydrogens (tertiary/aromatic N) is 2. The Kier molecular flexibility index (Phi) is 5.94. The van der Waals surface area contributed by atoms with Crippen LogP contribution in [-0.4, -0.2) is 41.5 Å². The van der Waals surface area contributed by atoms with Crippen molar-refractivity contribution in [3.8, 4) is 0 Å². The molecule has 112 valence electrons. The van der Waals surface area contributed by atoms with Crippen LogP contribution in [0.15, 0.2) is 6.20 Å². The predicted molar refractivity (Wildman–Crippen MR) is 81.6 cm³/mol. The minimum Gasteiger partial charge on any atom is -0.354 e. The molecule has 0 aromatic carbocycles. The third kappa shape index (κ3) is 4.54. The van der Waals surface area contributed by atoms with Crippen molar-refractivity contribution in [2.24, 2.45) is 5.73 Å². The summed E-state index contributed by atoms with van der Waals surface area (Å²) in [7, 11) is 0. The van der Waals surface area contributed by atoms with Gasteiger partial charge in [-0.2, -0.15) is 0 Å². The Hall–Kier alpha value is -0.980. The third-order valence-electron chi connectivity index (χ3n) is 3.68. The molecule has 1 aromatic heterocycles. The molecule has 1 fully saturated rings. The standard InChI is InChI=1S/C14H24N4OS/c1-11-16-9-13(20-11)10-18-7-3-2-4-12(18)8-17-14(19)5-6-15/h9,12H,2-8,10,15H2,1H3,(H,17,19). The summed E-state index contributed by atoms with van der Waals surface area (Å²) in [6.45, 7) is 5.24. The molecule has 1 amide bonds. The van der Waals surface area contributed by atoms with E-state index in [2.05, 4.69) is 15.2 Å². The highest BCUT2D eigenvalue weighted by molar-refractivity contribution is 7.11. The van der Waals surface area contributed by atoms with Gasteiger partial charge in [0.15, 0.2) is 0 Å². The van der Waals surface area contributed by atoms with Crippen LogP contribution >= 0.6 is 11.3 Å². The van der Waals surface area contributed by atoms with Crippen LogP contribution in [0.3, 0.4) is 0 Å². The fourth-order valence-electron chi connectivity index (χ4n) is 2.63. The minimum absolute atomic E-state index is 0.0617. The summed E-state index contributed by atoms with van der Waals surface area (Å²) in [5.74, 6) is 0.0617. The Bertz CT molecular complexity index is 435. The molecule has 1 unspecified atom stereocenters. The van der Waals surface area contributed by atoms with Gasteiger partial charge in [0.05, 0.1) is 5.01 Å². The van der Waals surface area contributed by atoms with E-state index in [1.54, 1.807) is 11.3 Å². The zero-order valence-corrected chi connectivity index (χ0v) is 12.9. The molecule has 3 N–H and O–H groups in total. The van der Waals surface area contributed by atoms with Crippen LogP contribution in [0.4, 0.5) is 0 Å². The number of thiazole rings is 1. The molecule has 0 aliphatic carbocycles. The maximum Gasteiger partial charge on any atom is 0.221 e. The summed E-state index contributed by atoms with van der Waals surface area (Å²) in [6.07, 6.45) is 6.03. The number of nitrogens with one attached hydrogen (secondary N) is 1. The van der Waals surface area contributed by atoms with E-state index in [4.69, 9.17) is 5.73 Å². The molecular formula is C14H24N4OS. The lowest BCUT2D eigenvalue weighted by atomic mass is 10.0. The van der Waals surface area contributed by atoms with Crippen molar-refractivity contribution in [3.63, 3.8) is 0 Å². The molecular weight excluding hydrogens is 272 g/mol. The Morgan fingerprint density at radius 3 is 3.15 bits per heavy atom. The van der Waals surface area contributed by atoms with Crippen LogP contribution in [0.25, 0.3) is 0 Å². The van der Waals surface area contributed by atoms with Crippen molar-refractivity contribution in [1.29, 1.82) is 0 Å². The van der Waals surface area contributed by atoms with Gasteiger partial charge in [0, 0.05) is 43.2 Å². The minimum atomic E-state index is 0.0617. The number of rotatable bonds is 6. The van der Waals surface area contributed by atoms with Crippen LogP contribution in [0.5, 0.6) is 0 Å². The lowest BCUT2D eigenvalue weighted by Crippen LogP contribution is -2.46. The Labute approximate surface area is 124 Å². The maximum absolute atomic E-state index is 11.5. The number of likely N-dealkylation sites (tertiary alicyclic amines) is 1. The van der Waals surface area contributed by atoms with E-state index in [-0.39, 0.29) is 5.91 Å². The number of amides is 1. The molecule has 1 atom stereocenters. The number of piperidine rings is 1. The summed E-state index contributed by atoms with van der Waals surface area (Å²) < 4.78 is 0. The number of aromatic nitrogens is 1. The quantitative estimate of drug-likeness (QED) is 0.829. The predicted octanol–water partition coefficient (Wildman–Crippen LogP) is 1.27. The second-order valence-corrected chi connectivity index (χ2v) is 6.63. The van der Waals surface area contributed by atoms with Crippen molar-refractivity contribution < 1.29 is 4.79 Å². The second-order valence-electron chi connectivity index (χ2n) is 5.31. The highest BCUT2D eigenvalue weighted by Gasteiger charge is 2.23. The lowest BCUT2D eigenvalue weighted by molar-refractivity contribution is -0.121. The third-order valence-corrected chi connectivity index (χ3v) is 4.58. The van der Waals surface area contributed by atoms with E-state index in [1.807, 2.05) is 13.1 Å². The summed E-state index contributed by atoms with van der Waals surface area (Å²) in [5.41, 5.74) is 5.39. The zero-order chi connectivity index (χ0) is 14.4. The van der Waals surface area contributed by atoms with E-state index in [1.165, 1.54) is 17.7 Å². The fraction of sp³-hybridized carbons (Fsp3) is 0.714. The van der Waals surface area contributed by atoms with Gasteiger partial charge in [-0.25, -0.2) is 4.98 Å². The molecule has 0 bridgehead atoms. The first-order chi connectivity index (χ1) is 9.69. The highest BCUT2D eigenvalue weighted by Crippen LogP contribution is 2.21. The fourth-order valence-corrected chi connectivity index (χ4v) is 3.45. The van der Waals surface area contributed by atoms with Gasteiger partial charge >= 0.3 is 0 Å². The number of aryl methyl sites for hydroxylation is 1. The largest absolute Gasteiger partial charge is 0.354 e. The molecule has 0 radical (unpaired) electrons. The lowest BCUT2D eigenvalue weighted by Gasteiger charge is -2.35. The Balaban J connectivity index is 1.86. The molecule has 0 saturated carbocycles. The molecule has 1 aliphatic heterocycles. The van der Waals surface area contributed by atoms with Gasteiger partial charge in [0.1, 0.15) is 0 Å². The van der Waals surface area contributed by atoms with Crippen molar-refractivity contribution in [2.75, 3.05) is 19.6 Å². The van der Waals surface area contributed by atoms with Gasteiger partial charge in [0.25, 0.3) is 0 Å². The van der Waals surface area contributed by atoms with Crippen molar-refractivity contribution >= 4 is 17.2 Å². The van der Waals surface area contributed by atoms with Gasteiger partial charge in [-0.15, -0.1) is 11.3 Å². The number of nitrogens with two attached hydrogens (primary N) is 1. The molecule has 2 heterocycles. The number of hydrogen-bond donors (Lipinski definition) is 2. The van der Waals surface area contributed by atoms with Crippen LogP contribution in [0.1, 0.15) is 35.6 Å². The number of carbonyl (C=O) groups is 1. The SMILES string of the molecule is Cc1ncc(CN2CCCCC2CNC(=O)CCN)s1. The molecule has 0 spiro atoms. The maximum atomic E-state index is 11.5. The first kappa shape index (κ1) is 15.4. The van der Waals surface area contributed by atoms with Crippen LogP contribution in [0, 0.1) is 6.92 Å². The first-order valence-electron chi connectivity index (χ1n) is 7.31. The van der Waals surface area contributed by atoms with E-state index in [0.717, 1.165) is 31.1 Å². The monoisotopic (exact) mass is 296 g/mol. The van der Waals surface area contributed by atoms with E-state index < -0.39 is 0 Å². The molecule has 1 saturated heterocycles. The molecule has 1 aliphatic rings. The van der Waals surface area contributed by atoms with Crippen molar-refractivity contribution in [3.05, 3.63) is 16.1 Å². The van der Waals surface area contributed by atoms with Gasteiger partial charge in [-0.1, -0.05) is 6.42 Å². The highest BCUT2D eigenvalue weighted by atomic mass is 32.1. The van der Waals surface area contributed by atoms with Gasteiger partial charge in [0.2, 0.25) is 5.91 Å². The summed E-state index contributed by atoms with van der Waals surface area (Å²) in [5, 5.41) is 4.12. The Morgan fingerprint density at radius 1 is 1.60 bits per heavy atom. The summed E-state index contributed by atoms with van der Waals surface area (Å²) in [4.78, 5) is 19.6. The van der Waals surface area contributed by atoms with Crippen molar-refractivity contribution in [1.82, 2.24) is 15.2 Å². The smallest absolute Gasteiger partial charge is 0.221 e. The van der Waals surface area contributed by atoms with Gasteiger partial charge in [-0.3, -0.25) is 9.69 Å². The molecule has 2 rings (SSSR count). The van der Waals surface area contributed by atoms with Crippen molar-refractivity contribution in [2.45, 2.75) is 45.2 Å². The van der Waals surface area contributed by atoms with E-state index in [9.17, 15) is 4.79 Å². The van der Waals surface area contributed by atoms with E-state index >= 15 is 0 Å². The van der Waals surface area contributed by atoms with Crippen LogP contribution in [-0.2, 0) is 11.3 Å². The van der Waals surface area contributed by atoms with E-state index in [0.29, 0.717) is 19.0 Å². The van der Waals surface area contributed by atoms with Gasteiger partial charge in [-0.05, 0) is 26.3 Å². The Morgan fingerprint density at radius 2 is 2.45 bits per heavy atom.